The van der Waals surface area contributed by atoms with Crippen LogP contribution in [0.4, 0.5) is 8.78 Å². The first-order valence-corrected chi connectivity index (χ1v) is 6.42. The Bertz CT molecular complexity index is 408. The summed E-state index contributed by atoms with van der Waals surface area (Å²) in [6, 6.07) is 7.35. The largest absolute Gasteiger partial charge is 0.435 e. The summed E-state index contributed by atoms with van der Waals surface area (Å²) in [6.07, 6.45) is 2.33. The maximum absolute atomic E-state index is 12.2. The lowest BCUT2D eigenvalue weighted by atomic mass is 9.88. The molecule has 0 amide bonds. The lowest BCUT2D eigenvalue weighted by Crippen LogP contribution is -2.45. The fourth-order valence-corrected chi connectivity index (χ4v) is 2.30. The Morgan fingerprint density at radius 1 is 1.32 bits per heavy atom. The van der Waals surface area contributed by atoms with Crippen LogP contribution in [0.15, 0.2) is 24.3 Å². The van der Waals surface area contributed by atoms with Crippen LogP contribution in [-0.2, 0) is 4.74 Å². The highest BCUT2D eigenvalue weighted by Crippen LogP contribution is 2.27. The van der Waals surface area contributed by atoms with E-state index >= 15 is 0 Å². The van der Waals surface area contributed by atoms with E-state index < -0.39 is 6.61 Å². The van der Waals surface area contributed by atoms with Gasteiger partial charge in [-0.1, -0.05) is 12.1 Å². The Kier molecular flexibility index (Phi) is 4.71. The second kappa shape index (κ2) is 6.30. The molecule has 1 aliphatic rings. The van der Waals surface area contributed by atoms with Gasteiger partial charge < -0.3 is 14.8 Å². The van der Waals surface area contributed by atoms with Crippen LogP contribution in [0.25, 0.3) is 0 Å². The number of ether oxygens (including phenoxy) is 2. The van der Waals surface area contributed by atoms with Crippen LogP contribution in [0.3, 0.4) is 0 Å². The smallest absolute Gasteiger partial charge is 0.387 e. The lowest BCUT2D eigenvalue weighted by Gasteiger charge is -2.36. The van der Waals surface area contributed by atoms with Crippen molar-refractivity contribution in [2.45, 2.75) is 44.6 Å². The van der Waals surface area contributed by atoms with E-state index in [1.807, 2.05) is 13.0 Å². The molecule has 1 aromatic carbocycles. The number of hydrogen-bond acceptors (Lipinski definition) is 3. The Hall–Kier alpha value is -1.20. The third kappa shape index (κ3) is 3.88. The molecule has 5 heteroatoms. The van der Waals surface area contributed by atoms with Gasteiger partial charge in [0.25, 0.3) is 0 Å². The molecule has 0 aliphatic heterocycles. The van der Waals surface area contributed by atoms with Gasteiger partial charge in [0.05, 0.1) is 6.10 Å². The minimum absolute atomic E-state index is 0.101. The first kappa shape index (κ1) is 14.2. The van der Waals surface area contributed by atoms with Crippen molar-refractivity contribution in [3.63, 3.8) is 0 Å². The quantitative estimate of drug-likeness (QED) is 0.862. The number of rotatable bonds is 6. The van der Waals surface area contributed by atoms with Gasteiger partial charge in [-0.25, -0.2) is 0 Å². The summed E-state index contributed by atoms with van der Waals surface area (Å²) in [6.45, 7) is -0.769. The van der Waals surface area contributed by atoms with Crippen LogP contribution in [0, 0.1) is 0 Å². The van der Waals surface area contributed by atoms with E-state index in [1.54, 1.807) is 19.2 Å². The van der Waals surface area contributed by atoms with Gasteiger partial charge in [-0.3, -0.25) is 0 Å². The molecule has 1 unspecified atom stereocenters. The van der Waals surface area contributed by atoms with E-state index in [4.69, 9.17) is 4.74 Å². The third-order valence-corrected chi connectivity index (χ3v) is 3.50. The molecule has 1 atom stereocenters. The zero-order valence-corrected chi connectivity index (χ0v) is 11.1. The number of halogens is 2. The van der Waals surface area contributed by atoms with Crippen LogP contribution >= 0.6 is 0 Å². The van der Waals surface area contributed by atoms with Crippen molar-refractivity contribution in [2.24, 2.45) is 0 Å². The van der Waals surface area contributed by atoms with Gasteiger partial charge in [-0.05, 0) is 37.5 Å². The van der Waals surface area contributed by atoms with Gasteiger partial charge in [0.1, 0.15) is 5.75 Å². The SMILES string of the molecule is COC1CC(NC(C)c2cccc(OC(F)F)c2)C1. The molecule has 1 aromatic rings. The molecular formula is C14H19F2NO2. The molecule has 0 spiro atoms. The predicted octanol–water partition coefficient (Wildman–Crippen LogP) is 3.12. The van der Waals surface area contributed by atoms with Crippen molar-refractivity contribution in [3.8, 4) is 5.75 Å². The summed E-state index contributed by atoms with van der Waals surface area (Å²) >= 11 is 0. The monoisotopic (exact) mass is 271 g/mol. The Morgan fingerprint density at radius 2 is 2.05 bits per heavy atom. The van der Waals surface area contributed by atoms with Gasteiger partial charge in [-0.2, -0.15) is 8.78 Å². The van der Waals surface area contributed by atoms with Crippen molar-refractivity contribution < 1.29 is 18.3 Å². The molecule has 0 bridgehead atoms. The predicted molar refractivity (Wildman–Crippen MR) is 68.4 cm³/mol. The van der Waals surface area contributed by atoms with Crippen LogP contribution in [-0.4, -0.2) is 25.9 Å². The molecule has 2 rings (SSSR count). The van der Waals surface area contributed by atoms with E-state index in [0.29, 0.717) is 12.1 Å². The van der Waals surface area contributed by atoms with Crippen molar-refractivity contribution in [1.29, 1.82) is 0 Å². The topological polar surface area (TPSA) is 30.5 Å². The van der Waals surface area contributed by atoms with Crippen LogP contribution in [0.2, 0.25) is 0 Å². The van der Waals surface area contributed by atoms with E-state index in [0.717, 1.165) is 18.4 Å². The van der Waals surface area contributed by atoms with E-state index in [9.17, 15) is 8.78 Å². The summed E-state index contributed by atoms with van der Waals surface area (Å²) in [4.78, 5) is 0. The Morgan fingerprint density at radius 3 is 2.68 bits per heavy atom. The van der Waals surface area contributed by atoms with Crippen molar-refractivity contribution in [3.05, 3.63) is 29.8 Å². The minimum atomic E-state index is -2.78. The summed E-state index contributed by atoms with van der Waals surface area (Å²) < 4.78 is 33.9. The van der Waals surface area contributed by atoms with Gasteiger partial charge in [-0.15, -0.1) is 0 Å². The normalized spacial score (nSPS) is 24.1. The fraction of sp³-hybridized carbons (Fsp3) is 0.571. The molecule has 0 heterocycles. The second-order valence-electron chi connectivity index (χ2n) is 4.87. The lowest BCUT2D eigenvalue weighted by molar-refractivity contribution is -0.0499. The number of methoxy groups -OCH3 is 1. The van der Waals surface area contributed by atoms with Crippen LogP contribution in [0.5, 0.6) is 5.75 Å². The molecule has 0 aromatic heterocycles. The van der Waals surface area contributed by atoms with Crippen molar-refractivity contribution in [1.82, 2.24) is 5.32 Å². The van der Waals surface area contributed by atoms with Gasteiger partial charge >= 0.3 is 6.61 Å². The average Bonchev–Trinajstić information content (AvgIpc) is 2.32. The highest BCUT2D eigenvalue weighted by Gasteiger charge is 2.29. The van der Waals surface area contributed by atoms with E-state index in [1.165, 1.54) is 6.07 Å². The first-order chi connectivity index (χ1) is 9.08. The maximum Gasteiger partial charge on any atom is 0.387 e. The molecule has 106 valence electrons. The summed E-state index contributed by atoms with van der Waals surface area (Å²) in [5.41, 5.74) is 0.944. The van der Waals surface area contributed by atoms with Crippen molar-refractivity contribution >= 4 is 0 Å². The summed E-state index contributed by atoms with van der Waals surface area (Å²) in [5, 5.41) is 3.45. The number of hydrogen-bond donors (Lipinski definition) is 1. The molecule has 0 radical (unpaired) electrons. The van der Waals surface area contributed by atoms with Crippen LogP contribution in [0.1, 0.15) is 31.4 Å². The molecule has 1 saturated carbocycles. The van der Waals surface area contributed by atoms with E-state index in [2.05, 4.69) is 10.1 Å². The molecule has 1 fully saturated rings. The minimum Gasteiger partial charge on any atom is -0.435 e. The first-order valence-electron chi connectivity index (χ1n) is 6.42. The number of benzene rings is 1. The third-order valence-electron chi connectivity index (χ3n) is 3.50. The number of alkyl halides is 2. The zero-order valence-electron chi connectivity index (χ0n) is 11.1. The van der Waals surface area contributed by atoms with Gasteiger partial charge in [0, 0.05) is 19.2 Å². The highest BCUT2D eigenvalue weighted by molar-refractivity contribution is 5.30. The van der Waals surface area contributed by atoms with Crippen LogP contribution < -0.4 is 10.1 Å². The average molecular weight is 271 g/mol. The molecule has 19 heavy (non-hydrogen) atoms. The second-order valence-corrected chi connectivity index (χ2v) is 4.87. The van der Waals surface area contributed by atoms with E-state index in [-0.39, 0.29) is 11.8 Å². The summed E-state index contributed by atoms with van der Waals surface area (Å²) in [5.74, 6) is 0.199. The Balaban J connectivity index is 1.90. The zero-order chi connectivity index (χ0) is 13.8. The maximum atomic E-state index is 12.2. The number of nitrogens with one attached hydrogen (secondary N) is 1. The standard InChI is InChI=1S/C14H19F2NO2/c1-9(17-11-7-13(8-11)18-2)10-4-3-5-12(6-10)19-14(15)16/h3-6,9,11,13-14,17H,7-8H2,1-2H3. The summed E-state index contributed by atoms with van der Waals surface area (Å²) in [7, 11) is 1.72. The molecule has 1 N–H and O–H groups in total. The van der Waals surface area contributed by atoms with Gasteiger partial charge in [0.2, 0.25) is 0 Å². The Labute approximate surface area is 111 Å². The highest BCUT2D eigenvalue weighted by atomic mass is 19.3. The molecule has 1 aliphatic carbocycles. The van der Waals surface area contributed by atoms with Crippen molar-refractivity contribution in [2.75, 3.05) is 7.11 Å². The molecular weight excluding hydrogens is 252 g/mol. The molecule has 0 saturated heterocycles. The van der Waals surface area contributed by atoms with Gasteiger partial charge in [0.15, 0.2) is 0 Å². The fourth-order valence-electron chi connectivity index (χ4n) is 2.30. The molecule has 3 nitrogen and oxygen atoms in total.